The molecule has 0 aliphatic heterocycles. The fraction of sp³-hybridized carbons (Fsp3) is 0.125. The number of ether oxygens (including phenoxy) is 1. The normalized spacial score (nSPS) is 10.7. The maximum absolute atomic E-state index is 11.5. The molecule has 0 fully saturated rings. The minimum Gasteiger partial charge on any atom is -0.436 e. The number of nitrogens with zero attached hydrogens (tertiary/aromatic N) is 1. The number of hydrogen-bond acceptors (Lipinski definition) is 4. The Hall–Kier alpha value is -2.66. The Kier molecular flexibility index (Phi) is 3.66. The van der Waals surface area contributed by atoms with E-state index < -0.39 is 0 Å². The summed E-state index contributed by atoms with van der Waals surface area (Å²) in [7, 11) is 1.48. The summed E-state index contributed by atoms with van der Waals surface area (Å²) in [5, 5.41) is 2.75. The SMILES string of the molecule is COCC(=O)Nc1cccc(-c2nc3ccccc3o2)c1. The van der Waals surface area contributed by atoms with Gasteiger partial charge in [-0.25, -0.2) is 4.98 Å². The van der Waals surface area contributed by atoms with Crippen molar-refractivity contribution in [2.24, 2.45) is 0 Å². The molecular formula is C16H14N2O3. The molecule has 1 amide bonds. The lowest BCUT2D eigenvalue weighted by molar-refractivity contribution is -0.119. The van der Waals surface area contributed by atoms with Crippen LogP contribution in [0, 0.1) is 0 Å². The molecule has 5 heteroatoms. The van der Waals surface area contributed by atoms with E-state index in [4.69, 9.17) is 9.15 Å². The summed E-state index contributed by atoms with van der Waals surface area (Å²) >= 11 is 0. The second-order valence-electron chi connectivity index (χ2n) is 4.55. The standard InChI is InChI=1S/C16H14N2O3/c1-20-10-15(19)17-12-6-4-5-11(9-12)16-18-13-7-2-3-8-14(13)21-16/h2-9H,10H2,1H3,(H,17,19). The molecule has 0 saturated carbocycles. The first-order valence-electron chi connectivity index (χ1n) is 6.51. The van der Waals surface area contributed by atoms with E-state index in [2.05, 4.69) is 10.3 Å². The average molecular weight is 282 g/mol. The summed E-state index contributed by atoms with van der Waals surface area (Å²) in [6.07, 6.45) is 0. The third-order valence-corrected chi connectivity index (χ3v) is 2.96. The predicted octanol–water partition coefficient (Wildman–Crippen LogP) is 3.08. The lowest BCUT2D eigenvalue weighted by Crippen LogP contribution is -2.16. The monoisotopic (exact) mass is 282 g/mol. The van der Waals surface area contributed by atoms with E-state index in [0.29, 0.717) is 11.6 Å². The second-order valence-corrected chi connectivity index (χ2v) is 4.55. The van der Waals surface area contributed by atoms with Crippen molar-refractivity contribution in [3.8, 4) is 11.5 Å². The van der Waals surface area contributed by atoms with E-state index in [0.717, 1.165) is 16.7 Å². The Labute approximate surface area is 121 Å². The molecule has 0 aliphatic carbocycles. The van der Waals surface area contributed by atoms with Gasteiger partial charge in [0.2, 0.25) is 11.8 Å². The number of carbonyl (C=O) groups excluding carboxylic acids is 1. The molecule has 0 saturated heterocycles. The number of amides is 1. The van der Waals surface area contributed by atoms with Gasteiger partial charge < -0.3 is 14.5 Å². The van der Waals surface area contributed by atoms with Crippen LogP contribution in [0.3, 0.4) is 0 Å². The Morgan fingerprint density at radius 1 is 1.24 bits per heavy atom. The van der Waals surface area contributed by atoms with Crippen LogP contribution in [0.5, 0.6) is 0 Å². The molecule has 3 aromatic rings. The minimum absolute atomic E-state index is 0.0209. The summed E-state index contributed by atoms with van der Waals surface area (Å²) < 4.78 is 10.5. The van der Waals surface area contributed by atoms with Gasteiger partial charge in [0, 0.05) is 18.4 Å². The number of fused-ring (bicyclic) bond motifs is 1. The zero-order chi connectivity index (χ0) is 14.7. The summed E-state index contributed by atoms with van der Waals surface area (Å²) in [6, 6.07) is 14.9. The van der Waals surface area contributed by atoms with Gasteiger partial charge in [0.05, 0.1) is 0 Å². The summed E-state index contributed by atoms with van der Waals surface area (Å²) in [5.74, 6) is 0.325. The molecular weight excluding hydrogens is 268 g/mol. The van der Waals surface area contributed by atoms with Crippen molar-refractivity contribution < 1.29 is 13.9 Å². The molecule has 1 aromatic heterocycles. The van der Waals surface area contributed by atoms with E-state index in [1.165, 1.54) is 7.11 Å². The van der Waals surface area contributed by atoms with E-state index in [-0.39, 0.29) is 12.5 Å². The van der Waals surface area contributed by atoms with Crippen LogP contribution in [-0.4, -0.2) is 24.6 Å². The molecule has 1 N–H and O–H groups in total. The highest BCUT2D eigenvalue weighted by Crippen LogP contribution is 2.25. The van der Waals surface area contributed by atoms with E-state index in [9.17, 15) is 4.79 Å². The number of carbonyl (C=O) groups is 1. The van der Waals surface area contributed by atoms with Gasteiger partial charge >= 0.3 is 0 Å². The molecule has 2 aromatic carbocycles. The summed E-state index contributed by atoms with van der Waals surface area (Å²) in [4.78, 5) is 16.0. The van der Waals surface area contributed by atoms with Crippen LogP contribution >= 0.6 is 0 Å². The molecule has 5 nitrogen and oxygen atoms in total. The highest BCUT2D eigenvalue weighted by molar-refractivity contribution is 5.92. The fourth-order valence-electron chi connectivity index (χ4n) is 2.05. The van der Waals surface area contributed by atoms with Gasteiger partial charge in [-0.05, 0) is 30.3 Å². The summed E-state index contributed by atoms with van der Waals surface area (Å²) in [5.41, 5.74) is 3.03. The maximum Gasteiger partial charge on any atom is 0.250 e. The number of para-hydroxylation sites is 2. The number of nitrogens with one attached hydrogen (secondary N) is 1. The third-order valence-electron chi connectivity index (χ3n) is 2.96. The Balaban J connectivity index is 1.90. The van der Waals surface area contributed by atoms with Gasteiger partial charge in [-0.3, -0.25) is 4.79 Å². The van der Waals surface area contributed by atoms with Crippen molar-refractivity contribution in [1.82, 2.24) is 4.98 Å². The van der Waals surface area contributed by atoms with Crippen molar-refractivity contribution >= 4 is 22.7 Å². The predicted molar refractivity (Wildman–Crippen MR) is 80.0 cm³/mol. The van der Waals surface area contributed by atoms with E-state index in [1.807, 2.05) is 42.5 Å². The van der Waals surface area contributed by atoms with Crippen LogP contribution in [0.2, 0.25) is 0 Å². The van der Waals surface area contributed by atoms with Crippen LogP contribution in [-0.2, 0) is 9.53 Å². The Morgan fingerprint density at radius 3 is 2.90 bits per heavy atom. The van der Waals surface area contributed by atoms with Crippen molar-refractivity contribution in [1.29, 1.82) is 0 Å². The lowest BCUT2D eigenvalue weighted by atomic mass is 10.2. The van der Waals surface area contributed by atoms with Crippen LogP contribution in [0.1, 0.15) is 0 Å². The summed E-state index contributed by atoms with van der Waals surface area (Å²) in [6.45, 7) is 0.0209. The Morgan fingerprint density at radius 2 is 2.10 bits per heavy atom. The lowest BCUT2D eigenvalue weighted by Gasteiger charge is -2.05. The quantitative estimate of drug-likeness (QED) is 0.798. The van der Waals surface area contributed by atoms with Crippen molar-refractivity contribution in [2.45, 2.75) is 0 Å². The largest absolute Gasteiger partial charge is 0.436 e. The number of anilines is 1. The van der Waals surface area contributed by atoms with Crippen LogP contribution < -0.4 is 5.32 Å². The Bertz CT molecular complexity index is 747. The molecule has 3 rings (SSSR count). The third kappa shape index (κ3) is 2.93. The van der Waals surface area contributed by atoms with Gasteiger partial charge in [-0.2, -0.15) is 0 Å². The van der Waals surface area contributed by atoms with Gasteiger partial charge in [-0.1, -0.05) is 18.2 Å². The van der Waals surface area contributed by atoms with Gasteiger partial charge in [-0.15, -0.1) is 0 Å². The maximum atomic E-state index is 11.5. The van der Waals surface area contributed by atoms with E-state index in [1.54, 1.807) is 6.07 Å². The zero-order valence-corrected chi connectivity index (χ0v) is 11.5. The number of aromatic nitrogens is 1. The fourth-order valence-corrected chi connectivity index (χ4v) is 2.05. The number of oxazole rings is 1. The van der Waals surface area contributed by atoms with Gasteiger partial charge in [0.15, 0.2) is 5.58 Å². The molecule has 21 heavy (non-hydrogen) atoms. The van der Waals surface area contributed by atoms with Gasteiger partial charge in [0.25, 0.3) is 0 Å². The molecule has 0 spiro atoms. The minimum atomic E-state index is -0.202. The number of rotatable bonds is 4. The van der Waals surface area contributed by atoms with Crippen molar-refractivity contribution in [2.75, 3.05) is 19.0 Å². The van der Waals surface area contributed by atoms with Gasteiger partial charge in [0.1, 0.15) is 12.1 Å². The highest BCUT2D eigenvalue weighted by atomic mass is 16.5. The zero-order valence-electron chi connectivity index (χ0n) is 11.5. The molecule has 0 unspecified atom stereocenters. The van der Waals surface area contributed by atoms with Crippen molar-refractivity contribution in [3.63, 3.8) is 0 Å². The molecule has 0 bridgehead atoms. The highest BCUT2D eigenvalue weighted by Gasteiger charge is 2.09. The molecule has 0 atom stereocenters. The first kappa shape index (κ1) is 13.3. The number of hydrogen-bond donors (Lipinski definition) is 1. The molecule has 0 aliphatic rings. The number of methoxy groups -OCH3 is 1. The molecule has 1 heterocycles. The average Bonchev–Trinajstić information content (AvgIpc) is 2.91. The van der Waals surface area contributed by atoms with Crippen LogP contribution in [0.25, 0.3) is 22.6 Å². The molecule has 106 valence electrons. The second kappa shape index (κ2) is 5.76. The first-order chi connectivity index (χ1) is 10.3. The number of benzene rings is 2. The topological polar surface area (TPSA) is 64.4 Å². The van der Waals surface area contributed by atoms with E-state index >= 15 is 0 Å². The smallest absolute Gasteiger partial charge is 0.250 e. The molecule has 0 radical (unpaired) electrons. The van der Waals surface area contributed by atoms with Crippen molar-refractivity contribution in [3.05, 3.63) is 48.5 Å². The first-order valence-corrected chi connectivity index (χ1v) is 6.51. The van der Waals surface area contributed by atoms with Crippen LogP contribution in [0.15, 0.2) is 52.9 Å². The van der Waals surface area contributed by atoms with Crippen LogP contribution in [0.4, 0.5) is 5.69 Å².